The predicted molar refractivity (Wildman–Crippen MR) is 68.6 cm³/mol. The highest BCUT2D eigenvalue weighted by Gasteiger charge is 2.17. The fourth-order valence-electron chi connectivity index (χ4n) is 2.59. The van der Waals surface area contributed by atoms with Crippen molar-refractivity contribution < 1.29 is 14.3 Å². The minimum atomic E-state index is -0.924. The summed E-state index contributed by atoms with van der Waals surface area (Å²) in [4.78, 5) is 13.1. The summed E-state index contributed by atoms with van der Waals surface area (Å²) in [5.41, 5.74) is 0.242. The number of nitrogens with zero attached hydrogens (tertiary/aromatic N) is 1. The van der Waals surface area contributed by atoms with Gasteiger partial charge in [-0.25, -0.2) is 4.79 Å². The van der Waals surface area contributed by atoms with Crippen molar-refractivity contribution >= 4 is 5.97 Å². The van der Waals surface area contributed by atoms with Crippen molar-refractivity contribution in [1.29, 1.82) is 0 Å². The number of hydrogen-bond donors (Lipinski definition) is 1. The Bertz CT molecular complexity index is 399. The third kappa shape index (κ3) is 3.35. The summed E-state index contributed by atoms with van der Waals surface area (Å²) in [5.74, 6) is 0.676. The normalized spacial score (nSPS) is 21.7. The monoisotopic (exact) mass is 251 g/mol. The Kier molecular flexibility index (Phi) is 4.42. The fraction of sp³-hybridized carbons (Fsp3) is 0.643. The van der Waals surface area contributed by atoms with Crippen LogP contribution in [-0.2, 0) is 6.54 Å². The molecule has 2 rings (SSSR count). The van der Waals surface area contributed by atoms with Crippen LogP contribution in [0, 0.1) is 5.92 Å². The average molecular weight is 251 g/mol. The lowest BCUT2D eigenvalue weighted by Crippen LogP contribution is -2.24. The summed E-state index contributed by atoms with van der Waals surface area (Å²) in [6.45, 7) is 5.15. The lowest BCUT2D eigenvalue weighted by Gasteiger charge is -2.18. The second kappa shape index (κ2) is 6.05. The number of likely N-dealkylation sites (tertiary alicyclic amines) is 1. The molecule has 1 aromatic heterocycles. The van der Waals surface area contributed by atoms with Crippen LogP contribution in [0.3, 0.4) is 0 Å². The second-order valence-electron chi connectivity index (χ2n) is 5.09. The highest BCUT2D eigenvalue weighted by molar-refractivity contribution is 5.87. The summed E-state index contributed by atoms with van der Waals surface area (Å²) < 4.78 is 5.30. The van der Waals surface area contributed by atoms with Gasteiger partial charge in [-0.2, -0.15) is 0 Å². The molecule has 1 N–H and O–H groups in total. The molecule has 1 fully saturated rings. The van der Waals surface area contributed by atoms with Gasteiger partial charge in [-0.15, -0.1) is 0 Å². The van der Waals surface area contributed by atoms with Crippen LogP contribution in [0.1, 0.15) is 48.7 Å². The SMILES string of the molecule is CCC1CCCN(Cc2cc(C(=O)O)co2)CC1. The van der Waals surface area contributed by atoms with E-state index in [0.29, 0.717) is 0 Å². The molecule has 1 saturated heterocycles. The molecule has 0 spiro atoms. The first-order valence-electron chi connectivity index (χ1n) is 6.72. The zero-order chi connectivity index (χ0) is 13.0. The lowest BCUT2D eigenvalue weighted by molar-refractivity contribution is 0.0696. The van der Waals surface area contributed by atoms with Crippen molar-refractivity contribution in [3.8, 4) is 0 Å². The number of carbonyl (C=O) groups is 1. The van der Waals surface area contributed by atoms with Crippen LogP contribution >= 0.6 is 0 Å². The average Bonchev–Trinajstić information content (AvgIpc) is 2.69. The van der Waals surface area contributed by atoms with Crippen LogP contribution in [0.2, 0.25) is 0 Å². The number of hydrogen-bond acceptors (Lipinski definition) is 3. The summed E-state index contributed by atoms with van der Waals surface area (Å²) in [6.07, 6.45) is 6.36. The quantitative estimate of drug-likeness (QED) is 0.893. The number of carboxylic acid groups (broad SMARTS) is 1. The van der Waals surface area contributed by atoms with E-state index in [4.69, 9.17) is 9.52 Å². The van der Waals surface area contributed by atoms with Crippen molar-refractivity contribution in [2.45, 2.75) is 39.2 Å². The Morgan fingerprint density at radius 1 is 1.50 bits per heavy atom. The topological polar surface area (TPSA) is 53.7 Å². The number of carboxylic acids is 1. The smallest absolute Gasteiger partial charge is 0.338 e. The van der Waals surface area contributed by atoms with Crippen molar-refractivity contribution in [2.75, 3.05) is 13.1 Å². The van der Waals surface area contributed by atoms with Crippen LogP contribution in [0.5, 0.6) is 0 Å². The van der Waals surface area contributed by atoms with Crippen molar-refractivity contribution in [3.05, 3.63) is 23.7 Å². The molecule has 1 aliphatic heterocycles. The van der Waals surface area contributed by atoms with E-state index >= 15 is 0 Å². The lowest BCUT2D eigenvalue weighted by atomic mass is 9.98. The number of aromatic carboxylic acids is 1. The molecule has 1 unspecified atom stereocenters. The first-order valence-corrected chi connectivity index (χ1v) is 6.72. The van der Waals surface area contributed by atoms with E-state index in [-0.39, 0.29) is 5.56 Å². The molecule has 1 aliphatic rings. The zero-order valence-electron chi connectivity index (χ0n) is 10.9. The molecule has 100 valence electrons. The van der Waals surface area contributed by atoms with Gasteiger partial charge in [-0.1, -0.05) is 13.3 Å². The highest BCUT2D eigenvalue weighted by Crippen LogP contribution is 2.21. The molecule has 0 aromatic carbocycles. The zero-order valence-corrected chi connectivity index (χ0v) is 10.9. The largest absolute Gasteiger partial charge is 0.478 e. The Balaban J connectivity index is 1.90. The van der Waals surface area contributed by atoms with Crippen molar-refractivity contribution in [3.63, 3.8) is 0 Å². The van der Waals surface area contributed by atoms with E-state index < -0.39 is 5.97 Å². The first-order chi connectivity index (χ1) is 8.69. The minimum Gasteiger partial charge on any atom is -0.478 e. The van der Waals surface area contributed by atoms with E-state index in [1.807, 2.05) is 0 Å². The van der Waals surface area contributed by atoms with Gasteiger partial charge in [0.25, 0.3) is 0 Å². The van der Waals surface area contributed by atoms with Crippen molar-refractivity contribution in [1.82, 2.24) is 4.90 Å². The molecule has 0 radical (unpaired) electrons. The van der Waals surface area contributed by atoms with Gasteiger partial charge in [0.2, 0.25) is 0 Å². The molecule has 1 atom stereocenters. The van der Waals surface area contributed by atoms with Crippen LogP contribution in [0.15, 0.2) is 16.7 Å². The molecule has 4 nitrogen and oxygen atoms in total. The minimum absolute atomic E-state index is 0.242. The van der Waals surface area contributed by atoms with E-state index in [1.54, 1.807) is 6.07 Å². The maximum atomic E-state index is 10.8. The molecular weight excluding hydrogens is 230 g/mol. The van der Waals surface area contributed by atoms with Gasteiger partial charge in [-0.05, 0) is 44.3 Å². The summed E-state index contributed by atoms with van der Waals surface area (Å²) in [6, 6.07) is 1.63. The summed E-state index contributed by atoms with van der Waals surface area (Å²) >= 11 is 0. The Morgan fingerprint density at radius 3 is 3.00 bits per heavy atom. The molecule has 2 heterocycles. The fourth-order valence-corrected chi connectivity index (χ4v) is 2.59. The van der Waals surface area contributed by atoms with Gasteiger partial charge < -0.3 is 9.52 Å². The van der Waals surface area contributed by atoms with Crippen LogP contribution in [0.4, 0.5) is 0 Å². The molecule has 4 heteroatoms. The van der Waals surface area contributed by atoms with Gasteiger partial charge in [0, 0.05) is 0 Å². The van der Waals surface area contributed by atoms with E-state index in [9.17, 15) is 4.79 Å². The van der Waals surface area contributed by atoms with Crippen molar-refractivity contribution in [2.24, 2.45) is 5.92 Å². The Morgan fingerprint density at radius 2 is 2.33 bits per heavy atom. The van der Waals surface area contributed by atoms with E-state index in [1.165, 1.54) is 31.9 Å². The second-order valence-corrected chi connectivity index (χ2v) is 5.09. The molecule has 18 heavy (non-hydrogen) atoms. The highest BCUT2D eigenvalue weighted by atomic mass is 16.4. The third-order valence-electron chi connectivity index (χ3n) is 3.80. The molecule has 0 bridgehead atoms. The van der Waals surface area contributed by atoms with E-state index in [0.717, 1.165) is 31.3 Å². The first kappa shape index (κ1) is 13.1. The molecule has 0 aliphatic carbocycles. The Hall–Kier alpha value is -1.29. The van der Waals surface area contributed by atoms with Gasteiger partial charge >= 0.3 is 5.97 Å². The molecular formula is C14H21NO3. The van der Waals surface area contributed by atoms with Crippen LogP contribution in [0.25, 0.3) is 0 Å². The standard InChI is InChI=1S/C14H21NO3/c1-2-11-4-3-6-15(7-5-11)9-13-8-12(10-18-13)14(16)17/h8,10-11H,2-7,9H2,1H3,(H,16,17). The van der Waals surface area contributed by atoms with Gasteiger partial charge in [0.1, 0.15) is 12.0 Å². The maximum Gasteiger partial charge on any atom is 0.338 e. The summed E-state index contributed by atoms with van der Waals surface area (Å²) in [5, 5.41) is 8.84. The number of rotatable bonds is 4. The van der Waals surface area contributed by atoms with Crippen LogP contribution < -0.4 is 0 Å². The molecule has 0 saturated carbocycles. The number of furan rings is 1. The maximum absolute atomic E-state index is 10.8. The predicted octanol–water partition coefficient (Wildman–Crippen LogP) is 2.99. The van der Waals surface area contributed by atoms with Gasteiger partial charge in [0.15, 0.2) is 0 Å². The van der Waals surface area contributed by atoms with E-state index in [2.05, 4.69) is 11.8 Å². The molecule has 1 aromatic rings. The van der Waals surface area contributed by atoms with Gasteiger partial charge in [-0.3, -0.25) is 4.90 Å². The molecule has 0 amide bonds. The van der Waals surface area contributed by atoms with Gasteiger partial charge in [0.05, 0.1) is 12.1 Å². The van der Waals surface area contributed by atoms with Crippen LogP contribution in [-0.4, -0.2) is 29.1 Å². The summed E-state index contributed by atoms with van der Waals surface area (Å²) in [7, 11) is 0. The third-order valence-corrected chi connectivity index (χ3v) is 3.80. The Labute approximate surface area is 108 Å².